The Labute approximate surface area is 180 Å². The van der Waals surface area contributed by atoms with Crippen LogP contribution in [0.15, 0.2) is 90.5 Å². The predicted octanol–water partition coefficient (Wildman–Crippen LogP) is 6.73. The molecule has 0 bridgehead atoms. The molecule has 3 aromatic carbocycles. The van der Waals surface area contributed by atoms with Crippen LogP contribution in [0.2, 0.25) is 0 Å². The van der Waals surface area contributed by atoms with Gasteiger partial charge in [-0.15, -0.1) is 0 Å². The van der Waals surface area contributed by atoms with Crippen LogP contribution in [-0.4, -0.2) is 18.6 Å². The molecule has 0 heterocycles. The van der Waals surface area contributed by atoms with E-state index < -0.39 is 0 Å². The number of ether oxygens (including phenoxy) is 1. The lowest BCUT2D eigenvalue weighted by Gasteiger charge is -2.28. The van der Waals surface area contributed by atoms with Gasteiger partial charge in [0.2, 0.25) is 0 Å². The Bertz CT molecular complexity index is 921. The summed E-state index contributed by atoms with van der Waals surface area (Å²) >= 11 is 0. The van der Waals surface area contributed by atoms with Crippen LogP contribution in [0.1, 0.15) is 42.4 Å². The third-order valence-electron chi connectivity index (χ3n) is 5.91. The van der Waals surface area contributed by atoms with Crippen molar-refractivity contribution in [2.45, 2.75) is 38.8 Å². The lowest BCUT2D eigenvalue weighted by molar-refractivity contribution is 0.275. The Morgan fingerprint density at radius 2 is 1.33 bits per heavy atom. The molecular formula is C28H31NO. The molecule has 1 aliphatic carbocycles. The highest BCUT2D eigenvalue weighted by molar-refractivity contribution is 5.70. The van der Waals surface area contributed by atoms with Gasteiger partial charge in [0.25, 0.3) is 0 Å². The summed E-state index contributed by atoms with van der Waals surface area (Å²) in [5.41, 5.74) is 7.16. The number of allylic oxidation sites excluding steroid dienone is 1. The van der Waals surface area contributed by atoms with Gasteiger partial charge in [0.05, 0.1) is 7.11 Å². The Hall–Kier alpha value is -2.84. The van der Waals surface area contributed by atoms with Crippen molar-refractivity contribution in [3.63, 3.8) is 0 Å². The zero-order chi connectivity index (χ0) is 20.6. The van der Waals surface area contributed by atoms with Crippen molar-refractivity contribution < 1.29 is 4.74 Å². The minimum Gasteiger partial charge on any atom is -0.497 e. The van der Waals surface area contributed by atoms with Gasteiger partial charge in [-0.2, -0.15) is 0 Å². The Balaban J connectivity index is 1.62. The second kappa shape index (κ2) is 10.3. The second-order valence-corrected chi connectivity index (χ2v) is 8.14. The first-order valence-electron chi connectivity index (χ1n) is 11.0. The highest BCUT2D eigenvalue weighted by Crippen LogP contribution is 2.34. The van der Waals surface area contributed by atoms with E-state index in [2.05, 4.69) is 83.8 Å². The quantitative estimate of drug-likeness (QED) is 0.418. The van der Waals surface area contributed by atoms with Crippen LogP contribution >= 0.6 is 0 Å². The van der Waals surface area contributed by atoms with Crippen molar-refractivity contribution in [2.75, 3.05) is 13.7 Å². The second-order valence-electron chi connectivity index (χ2n) is 8.14. The minimum absolute atomic E-state index is 0.940. The maximum Gasteiger partial charge on any atom is 0.119 e. The normalized spacial score (nSPS) is 14.2. The molecule has 0 saturated heterocycles. The number of hydrogen-bond acceptors (Lipinski definition) is 2. The lowest BCUT2D eigenvalue weighted by atomic mass is 9.87. The zero-order valence-electron chi connectivity index (χ0n) is 17.9. The first-order valence-corrected chi connectivity index (χ1v) is 11.0. The lowest BCUT2D eigenvalue weighted by Crippen LogP contribution is -2.26. The van der Waals surface area contributed by atoms with E-state index in [-0.39, 0.29) is 0 Å². The van der Waals surface area contributed by atoms with Crippen LogP contribution in [0.3, 0.4) is 0 Å². The molecule has 2 nitrogen and oxygen atoms in total. The highest BCUT2D eigenvalue weighted by Gasteiger charge is 2.18. The van der Waals surface area contributed by atoms with E-state index in [1.807, 2.05) is 6.07 Å². The molecule has 3 aromatic rings. The molecule has 0 unspecified atom stereocenters. The summed E-state index contributed by atoms with van der Waals surface area (Å²) < 4.78 is 5.49. The summed E-state index contributed by atoms with van der Waals surface area (Å²) in [6.07, 6.45) is 4.90. The molecule has 0 N–H and O–H groups in total. The van der Waals surface area contributed by atoms with Gasteiger partial charge in [-0.25, -0.2) is 0 Å². The van der Waals surface area contributed by atoms with E-state index in [9.17, 15) is 0 Å². The Morgan fingerprint density at radius 1 is 0.700 bits per heavy atom. The minimum atomic E-state index is 0.940. The Kier molecular flexibility index (Phi) is 6.99. The van der Waals surface area contributed by atoms with Crippen LogP contribution < -0.4 is 4.74 Å². The van der Waals surface area contributed by atoms with Crippen molar-refractivity contribution in [2.24, 2.45) is 0 Å². The third kappa shape index (κ3) is 5.40. The van der Waals surface area contributed by atoms with Crippen molar-refractivity contribution in [3.8, 4) is 5.75 Å². The number of nitrogens with zero attached hydrogens (tertiary/aromatic N) is 1. The summed E-state index contributed by atoms with van der Waals surface area (Å²) in [6, 6.07) is 30.2. The average Bonchev–Trinajstić information content (AvgIpc) is 2.81. The van der Waals surface area contributed by atoms with Crippen LogP contribution in [0, 0.1) is 0 Å². The standard InChI is InChI=1S/C28H31NO/c1-30-27-17-10-16-25(19-27)28-18-9-8-15-26(28)22-29(20-23-11-4-2-5-12-23)21-24-13-6-3-7-14-24/h2-7,10-14,16-17,19H,8-9,15,18,20-22H2,1H3. The molecule has 154 valence electrons. The molecule has 0 saturated carbocycles. The van der Waals surface area contributed by atoms with Crippen molar-refractivity contribution in [1.82, 2.24) is 4.90 Å². The summed E-state index contributed by atoms with van der Waals surface area (Å²) in [6.45, 7) is 2.94. The van der Waals surface area contributed by atoms with Crippen molar-refractivity contribution in [1.29, 1.82) is 0 Å². The first kappa shape index (κ1) is 20.4. The molecule has 4 rings (SSSR count). The number of benzene rings is 3. The molecule has 0 atom stereocenters. The fourth-order valence-corrected chi connectivity index (χ4v) is 4.42. The maximum atomic E-state index is 5.49. The largest absolute Gasteiger partial charge is 0.497 e. The molecule has 0 spiro atoms. The highest BCUT2D eigenvalue weighted by atomic mass is 16.5. The van der Waals surface area contributed by atoms with Crippen LogP contribution in [0.4, 0.5) is 0 Å². The number of rotatable bonds is 8. The van der Waals surface area contributed by atoms with E-state index >= 15 is 0 Å². The van der Waals surface area contributed by atoms with Gasteiger partial charge in [0, 0.05) is 19.6 Å². The van der Waals surface area contributed by atoms with Gasteiger partial charge >= 0.3 is 0 Å². The topological polar surface area (TPSA) is 12.5 Å². The van der Waals surface area contributed by atoms with Gasteiger partial charge in [-0.1, -0.05) is 78.4 Å². The molecular weight excluding hydrogens is 366 g/mol. The molecule has 0 aliphatic heterocycles. The molecule has 0 amide bonds. The average molecular weight is 398 g/mol. The third-order valence-corrected chi connectivity index (χ3v) is 5.91. The fraction of sp³-hybridized carbons (Fsp3) is 0.286. The van der Waals surface area contributed by atoms with Crippen LogP contribution in [-0.2, 0) is 13.1 Å². The summed E-state index contributed by atoms with van der Waals surface area (Å²) in [5.74, 6) is 0.940. The first-order chi connectivity index (χ1) is 14.8. The molecule has 0 fully saturated rings. The monoisotopic (exact) mass is 397 g/mol. The zero-order valence-corrected chi connectivity index (χ0v) is 17.9. The van der Waals surface area contributed by atoms with Crippen LogP contribution in [0.5, 0.6) is 5.75 Å². The Morgan fingerprint density at radius 3 is 1.97 bits per heavy atom. The fourth-order valence-electron chi connectivity index (χ4n) is 4.42. The predicted molar refractivity (Wildman–Crippen MR) is 125 cm³/mol. The summed E-state index contributed by atoms with van der Waals surface area (Å²) in [5, 5.41) is 0. The molecule has 30 heavy (non-hydrogen) atoms. The van der Waals surface area contributed by atoms with E-state index in [0.717, 1.165) is 31.8 Å². The van der Waals surface area contributed by atoms with E-state index in [1.165, 1.54) is 41.5 Å². The molecule has 0 aromatic heterocycles. The summed E-state index contributed by atoms with van der Waals surface area (Å²) in [4.78, 5) is 2.59. The van der Waals surface area contributed by atoms with Gasteiger partial charge in [-0.05, 0) is 60.1 Å². The maximum absolute atomic E-state index is 5.49. The van der Waals surface area contributed by atoms with Gasteiger partial charge < -0.3 is 4.74 Å². The van der Waals surface area contributed by atoms with Crippen LogP contribution in [0.25, 0.3) is 5.57 Å². The molecule has 1 aliphatic rings. The van der Waals surface area contributed by atoms with Crippen molar-refractivity contribution in [3.05, 3.63) is 107 Å². The SMILES string of the molecule is COc1cccc(C2=C(CN(Cc3ccccc3)Cc3ccccc3)CCCC2)c1. The van der Waals surface area contributed by atoms with E-state index in [1.54, 1.807) is 12.7 Å². The van der Waals surface area contributed by atoms with E-state index in [0.29, 0.717) is 0 Å². The van der Waals surface area contributed by atoms with Crippen molar-refractivity contribution >= 4 is 5.57 Å². The number of hydrogen-bond donors (Lipinski definition) is 0. The molecule has 0 radical (unpaired) electrons. The van der Waals surface area contributed by atoms with Gasteiger partial charge in [0.15, 0.2) is 0 Å². The van der Waals surface area contributed by atoms with E-state index in [4.69, 9.17) is 4.74 Å². The molecule has 2 heteroatoms. The van der Waals surface area contributed by atoms with Gasteiger partial charge in [0.1, 0.15) is 5.75 Å². The smallest absolute Gasteiger partial charge is 0.119 e. The summed E-state index contributed by atoms with van der Waals surface area (Å²) in [7, 11) is 1.75. The van der Waals surface area contributed by atoms with Gasteiger partial charge in [-0.3, -0.25) is 4.90 Å². The number of methoxy groups -OCH3 is 1.